The Hall–Kier alpha value is -1.55. The number of aromatic hydroxyl groups is 1. The zero-order chi connectivity index (χ0) is 14.5. The summed E-state index contributed by atoms with van der Waals surface area (Å²) in [6, 6.07) is 7.72. The molecule has 0 aromatic heterocycles. The first-order valence-corrected chi connectivity index (χ1v) is 7.28. The second kappa shape index (κ2) is 6.75. The summed E-state index contributed by atoms with van der Waals surface area (Å²) in [7, 11) is 0. The zero-order valence-corrected chi connectivity index (χ0v) is 12.0. The van der Waals surface area contributed by atoms with E-state index in [0.29, 0.717) is 11.8 Å². The molecule has 1 aliphatic heterocycles. The Bertz CT molecular complexity index is 444. The molecule has 0 spiro atoms. The van der Waals surface area contributed by atoms with Gasteiger partial charge in [0.15, 0.2) is 0 Å². The Morgan fingerprint density at radius 3 is 2.75 bits per heavy atom. The number of carboxylic acid groups (broad SMARTS) is 1. The van der Waals surface area contributed by atoms with Gasteiger partial charge in [-0.3, -0.25) is 4.79 Å². The number of nitrogens with zero attached hydrogens (tertiary/aromatic N) is 1. The van der Waals surface area contributed by atoms with Gasteiger partial charge < -0.3 is 15.1 Å². The minimum absolute atomic E-state index is 0.280. The minimum atomic E-state index is -0.692. The third kappa shape index (κ3) is 4.23. The molecule has 1 aliphatic rings. The van der Waals surface area contributed by atoms with Crippen LogP contribution in [-0.2, 0) is 11.2 Å². The Labute approximate surface area is 120 Å². The van der Waals surface area contributed by atoms with Crippen LogP contribution in [0.25, 0.3) is 0 Å². The van der Waals surface area contributed by atoms with Crippen molar-refractivity contribution < 1.29 is 15.0 Å². The molecule has 0 radical (unpaired) electrons. The number of aliphatic carboxylic acids is 1. The van der Waals surface area contributed by atoms with Crippen molar-refractivity contribution in [2.75, 3.05) is 13.1 Å². The van der Waals surface area contributed by atoms with Gasteiger partial charge in [-0.25, -0.2) is 0 Å². The number of hydrogen-bond donors (Lipinski definition) is 2. The van der Waals surface area contributed by atoms with Crippen LogP contribution in [0.15, 0.2) is 24.3 Å². The normalized spacial score (nSPS) is 21.6. The summed E-state index contributed by atoms with van der Waals surface area (Å²) in [4.78, 5) is 13.2. The summed E-state index contributed by atoms with van der Waals surface area (Å²) in [5.41, 5.74) is 1.20. The fraction of sp³-hybridized carbons (Fsp3) is 0.562. The van der Waals surface area contributed by atoms with Gasteiger partial charge in [-0.2, -0.15) is 0 Å². The summed E-state index contributed by atoms with van der Waals surface area (Å²) in [5.74, 6) is -0.118. The molecule has 2 unspecified atom stereocenters. The van der Waals surface area contributed by atoms with Crippen LogP contribution in [0, 0.1) is 5.92 Å². The smallest absolute Gasteiger partial charge is 0.303 e. The van der Waals surface area contributed by atoms with E-state index >= 15 is 0 Å². The Balaban J connectivity index is 1.89. The van der Waals surface area contributed by atoms with Crippen molar-refractivity contribution >= 4 is 5.97 Å². The summed E-state index contributed by atoms with van der Waals surface area (Å²) in [6.07, 6.45) is 3.31. The number of phenolic OH excluding ortho intramolecular Hbond substituents is 1. The van der Waals surface area contributed by atoms with Crippen molar-refractivity contribution in [3.63, 3.8) is 0 Å². The molecule has 1 saturated heterocycles. The maximum atomic E-state index is 10.8. The second-order valence-electron chi connectivity index (χ2n) is 5.82. The van der Waals surface area contributed by atoms with Gasteiger partial charge in [-0.1, -0.05) is 12.1 Å². The first-order valence-electron chi connectivity index (χ1n) is 7.28. The van der Waals surface area contributed by atoms with E-state index in [0.717, 1.165) is 32.4 Å². The van der Waals surface area contributed by atoms with Crippen molar-refractivity contribution in [2.24, 2.45) is 5.92 Å². The number of carboxylic acids is 1. The average molecular weight is 277 g/mol. The van der Waals surface area contributed by atoms with Crippen molar-refractivity contribution in [2.45, 2.75) is 38.6 Å². The highest BCUT2D eigenvalue weighted by atomic mass is 16.4. The van der Waals surface area contributed by atoms with Crippen LogP contribution in [-0.4, -0.2) is 40.2 Å². The average Bonchev–Trinajstić information content (AvgIpc) is 2.41. The number of hydrogen-bond acceptors (Lipinski definition) is 3. The first kappa shape index (κ1) is 14.9. The van der Waals surface area contributed by atoms with E-state index in [4.69, 9.17) is 5.11 Å². The van der Waals surface area contributed by atoms with Crippen LogP contribution in [0.1, 0.15) is 31.7 Å². The lowest BCUT2D eigenvalue weighted by Gasteiger charge is -2.36. The third-order valence-corrected chi connectivity index (χ3v) is 4.10. The summed E-state index contributed by atoms with van der Waals surface area (Å²) >= 11 is 0. The molecule has 4 heteroatoms. The zero-order valence-electron chi connectivity index (χ0n) is 12.0. The van der Waals surface area contributed by atoms with Crippen LogP contribution in [0.2, 0.25) is 0 Å². The molecule has 1 aromatic rings. The summed E-state index contributed by atoms with van der Waals surface area (Å²) in [5, 5.41) is 18.2. The molecule has 1 fully saturated rings. The van der Waals surface area contributed by atoms with Crippen molar-refractivity contribution in [1.29, 1.82) is 0 Å². The van der Waals surface area contributed by atoms with Crippen molar-refractivity contribution in [3.05, 3.63) is 29.8 Å². The second-order valence-corrected chi connectivity index (χ2v) is 5.82. The molecular weight excluding hydrogens is 254 g/mol. The molecule has 4 nitrogen and oxygen atoms in total. The van der Waals surface area contributed by atoms with Gasteiger partial charge in [0.25, 0.3) is 0 Å². The SMILES string of the molecule is CC(Cc1ccc(O)cc1)N1CCCC(CC(=O)O)C1. The minimum Gasteiger partial charge on any atom is -0.508 e. The van der Waals surface area contributed by atoms with E-state index in [9.17, 15) is 9.90 Å². The number of phenols is 1. The predicted octanol–water partition coefficient (Wildman–Crippen LogP) is 2.51. The molecule has 0 aliphatic carbocycles. The van der Waals surface area contributed by atoms with Crippen molar-refractivity contribution in [3.8, 4) is 5.75 Å². The molecule has 110 valence electrons. The van der Waals surface area contributed by atoms with Gasteiger partial charge in [0.2, 0.25) is 0 Å². The molecule has 2 atom stereocenters. The molecule has 2 N–H and O–H groups in total. The highest BCUT2D eigenvalue weighted by molar-refractivity contribution is 5.67. The van der Waals surface area contributed by atoms with E-state index < -0.39 is 5.97 Å². The predicted molar refractivity (Wildman–Crippen MR) is 77.8 cm³/mol. The van der Waals surface area contributed by atoms with Crippen LogP contribution in [0.3, 0.4) is 0 Å². The lowest BCUT2D eigenvalue weighted by atomic mass is 9.93. The standard InChI is InChI=1S/C16H23NO3/c1-12(9-13-4-6-15(18)7-5-13)17-8-2-3-14(11-17)10-16(19)20/h4-7,12,14,18H,2-3,8-11H2,1H3,(H,19,20). The maximum Gasteiger partial charge on any atom is 0.303 e. The molecular formula is C16H23NO3. The van der Waals surface area contributed by atoms with Gasteiger partial charge in [0.05, 0.1) is 0 Å². The number of benzene rings is 1. The molecule has 0 bridgehead atoms. The first-order chi connectivity index (χ1) is 9.54. The van der Waals surface area contributed by atoms with E-state index in [2.05, 4.69) is 11.8 Å². The van der Waals surface area contributed by atoms with Crippen LogP contribution in [0.5, 0.6) is 5.75 Å². The molecule has 1 aromatic carbocycles. The number of piperidine rings is 1. The van der Waals surface area contributed by atoms with E-state index in [1.807, 2.05) is 12.1 Å². The fourth-order valence-electron chi connectivity index (χ4n) is 3.01. The molecule has 20 heavy (non-hydrogen) atoms. The summed E-state index contributed by atoms with van der Waals surface area (Å²) < 4.78 is 0. The topological polar surface area (TPSA) is 60.8 Å². The van der Waals surface area contributed by atoms with Gasteiger partial charge >= 0.3 is 5.97 Å². The quantitative estimate of drug-likeness (QED) is 0.868. The lowest BCUT2D eigenvalue weighted by molar-refractivity contribution is -0.138. The number of likely N-dealkylation sites (tertiary alicyclic amines) is 1. The summed E-state index contributed by atoms with van der Waals surface area (Å²) in [6.45, 7) is 4.12. The number of carbonyl (C=O) groups is 1. The van der Waals surface area contributed by atoms with E-state index in [-0.39, 0.29) is 12.3 Å². The van der Waals surface area contributed by atoms with Crippen LogP contribution < -0.4 is 0 Å². The highest BCUT2D eigenvalue weighted by Crippen LogP contribution is 2.23. The van der Waals surface area contributed by atoms with Crippen molar-refractivity contribution in [1.82, 2.24) is 4.90 Å². The van der Waals surface area contributed by atoms with Gasteiger partial charge in [-0.15, -0.1) is 0 Å². The van der Waals surface area contributed by atoms with Crippen LogP contribution >= 0.6 is 0 Å². The highest BCUT2D eigenvalue weighted by Gasteiger charge is 2.25. The molecule has 2 rings (SSSR count). The molecule has 1 heterocycles. The Kier molecular flexibility index (Phi) is 5.01. The number of rotatable bonds is 5. The third-order valence-electron chi connectivity index (χ3n) is 4.10. The van der Waals surface area contributed by atoms with Gasteiger partial charge in [-0.05, 0) is 56.3 Å². The van der Waals surface area contributed by atoms with E-state index in [1.54, 1.807) is 12.1 Å². The Morgan fingerprint density at radius 1 is 1.40 bits per heavy atom. The maximum absolute atomic E-state index is 10.8. The van der Waals surface area contributed by atoms with Crippen LogP contribution in [0.4, 0.5) is 0 Å². The van der Waals surface area contributed by atoms with Gasteiger partial charge in [0.1, 0.15) is 5.75 Å². The molecule has 0 amide bonds. The Morgan fingerprint density at radius 2 is 2.10 bits per heavy atom. The fourth-order valence-corrected chi connectivity index (χ4v) is 3.01. The largest absolute Gasteiger partial charge is 0.508 e. The lowest BCUT2D eigenvalue weighted by Crippen LogP contribution is -2.42. The molecule has 0 saturated carbocycles. The van der Waals surface area contributed by atoms with E-state index in [1.165, 1.54) is 5.56 Å². The monoisotopic (exact) mass is 277 g/mol. The van der Waals surface area contributed by atoms with Gasteiger partial charge in [0, 0.05) is 19.0 Å².